The van der Waals surface area contributed by atoms with Crippen LogP contribution in [0.4, 0.5) is 31.8 Å². The summed E-state index contributed by atoms with van der Waals surface area (Å²) in [6, 6.07) is 16.5. The van der Waals surface area contributed by atoms with Crippen molar-refractivity contribution in [2.24, 2.45) is 0 Å². The van der Waals surface area contributed by atoms with E-state index < -0.39 is 0 Å². The fraction of sp³-hybridized carbons (Fsp3) is 0.308. The van der Waals surface area contributed by atoms with E-state index in [9.17, 15) is 13.6 Å². The van der Waals surface area contributed by atoms with Gasteiger partial charge in [-0.15, -0.1) is 0 Å². The number of carbonyl (C=O) groups excluding carboxylic acids is 1. The SMILES string of the molecule is Nc1[nH+]c(NCc2ccc(F)cc2)ccc1NC(=O)CCC[NH+]1CCN(c2ccc(F)cc2)CC1.[Cl-].[Cl-]. The van der Waals surface area contributed by atoms with Crippen LogP contribution in [0.5, 0.6) is 0 Å². The molecule has 3 aromatic rings. The van der Waals surface area contributed by atoms with Crippen LogP contribution in [0.15, 0.2) is 60.7 Å². The van der Waals surface area contributed by atoms with Gasteiger partial charge in [-0.05, 0) is 48.0 Å². The molecule has 1 fully saturated rings. The number of aromatic amines is 1. The number of aromatic nitrogens is 1. The molecule has 7 nitrogen and oxygen atoms in total. The highest BCUT2D eigenvalue weighted by atomic mass is 35.5. The number of hydrogen-bond donors (Lipinski definition) is 4. The van der Waals surface area contributed by atoms with Gasteiger partial charge in [-0.1, -0.05) is 12.1 Å². The number of halogens is 4. The quantitative estimate of drug-likeness (QED) is 0.218. The van der Waals surface area contributed by atoms with E-state index in [0.29, 0.717) is 30.3 Å². The lowest BCUT2D eigenvalue weighted by atomic mass is 10.2. The van der Waals surface area contributed by atoms with Gasteiger partial charge in [0.25, 0.3) is 0 Å². The Bertz CT molecular complexity index is 1130. The van der Waals surface area contributed by atoms with E-state index >= 15 is 0 Å². The second kappa shape index (κ2) is 14.6. The molecule has 0 radical (unpaired) electrons. The number of piperazine rings is 1. The largest absolute Gasteiger partial charge is 1.00 e. The third-order valence-electron chi connectivity index (χ3n) is 6.24. The molecular formula is C26H32Cl2F2N6O. The number of nitrogens with two attached hydrogens (primary N) is 1. The van der Waals surface area contributed by atoms with Gasteiger partial charge in [0, 0.05) is 24.6 Å². The zero-order valence-corrected chi connectivity index (χ0v) is 21.9. The summed E-state index contributed by atoms with van der Waals surface area (Å²) in [6.45, 7) is 5.27. The maximum Gasteiger partial charge on any atom is 0.241 e. The molecule has 2 heterocycles. The van der Waals surface area contributed by atoms with E-state index in [2.05, 4.69) is 20.5 Å². The van der Waals surface area contributed by atoms with Gasteiger partial charge >= 0.3 is 0 Å². The second-order valence-electron chi connectivity index (χ2n) is 8.79. The summed E-state index contributed by atoms with van der Waals surface area (Å²) in [4.78, 5) is 19.2. The number of nitrogen functional groups attached to an aromatic ring is 1. The van der Waals surface area contributed by atoms with E-state index in [1.807, 2.05) is 12.1 Å². The number of hydrogen-bond acceptors (Lipinski definition) is 4. The molecule has 0 spiro atoms. The Labute approximate surface area is 228 Å². The molecule has 1 saturated heterocycles. The molecule has 0 aliphatic carbocycles. The van der Waals surface area contributed by atoms with Crippen molar-refractivity contribution in [3.8, 4) is 0 Å². The molecule has 1 aliphatic rings. The molecule has 1 aromatic heterocycles. The van der Waals surface area contributed by atoms with Crippen LogP contribution in [0.3, 0.4) is 0 Å². The molecule has 0 atom stereocenters. The zero-order chi connectivity index (χ0) is 24.6. The Hall–Kier alpha value is -3.14. The number of quaternary nitrogens is 1. The Morgan fingerprint density at radius 3 is 2.19 bits per heavy atom. The summed E-state index contributed by atoms with van der Waals surface area (Å²) in [5.74, 6) is 0.514. The van der Waals surface area contributed by atoms with Gasteiger partial charge in [-0.2, -0.15) is 0 Å². The van der Waals surface area contributed by atoms with Gasteiger partial charge in [0.05, 0.1) is 39.3 Å². The number of anilines is 4. The first kappa shape index (κ1) is 30.1. The average molecular weight is 553 g/mol. The smallest absolute Gasteiger partial charge is 0.241 e. The van der Waals surface area contributed by atoms with Crippen molar-refractivity contribution in [2.45, 2.75) is 19.4 Å². The highest BCUT2D eigenvalue weighted by molar-refractivity contribution is 5.92. The molecule has 0 unspecified atom stereocenters. The second-order valence-corrected chi connectivity index (χ2v) is 8.79. The Morgan fingerprint density at radius 2 is 1.57 bits per heavy atom. The van der Waals surface area contributed by atoms with Crippen molar-refractivity contribution in [3.63, 3.8) is 0 Å². The molecule has 2 aromatic carbocycles. The lowest BCUT2D eigenvalue weighted by molar-refractivity contribution is -0.900. The fourth-order valence-corrected chi connectivity index (χ4v) is 4.22. The molecule has 6 N–H and O–H groups in total. The Kier molecular flexibility index (Phi) is 11.8. The molecule has 11 heteroatoms. The van der Waals surface area contributed by atoms with Crippen LogP contribution in [0.1, 0.15) is 18.4 Å². The first-order valence-corrected chi connectivity index (χ1v) is 11.9. The number of nitrogens with zero attached hydrogens (tertiary/aromatic N) is 1. The number of benzene rings is 2. The minimum atomic E-state index is -0.268. The minimum Gasteiger partial charge on any atom is -1.00 e. The first-order valence-electron chi connectivity index (χ1n) is 11.9. The molecule has 200 valence electrons. The van der Waals surface area contributed by atoms with Crippen LogP contribution in [0.2, 0.25) is 0 Å². The Morgan fingerprint density at radius 1 is 0.946 bits per heavy atom. The van der Waals surface area contributed by atoms with Crippen molar-refractivity contribution in [3.05, 3.63) is 77.9 Å². The molecular weight excluding hydrogens is 521 g/mol. The normalized spacial score (nSPS) is 13.3. The van der Waals surface area contributed by atoms with Gasteiger partial charge in [0.1, 0.15) is 17.3 Å². The maximum atomic E-state index is 13.1. The van der Waals surface area contributed by atoms with Gasteiger partial charge in [0.15, 0.2) is 0 Å². The van der Waals surface area contributed by atoms with E-state index in [1.54, 1.807) is 24.3 Å². The molecule has 1 amide bonds. The zero-order valence-electron chi connectivity index (χ0n) is 20.4. The summed E-state index contributed by atoms with van der Waals surface area (Å²) < 4.78 is 26.1. The van der Waals surface area contributed by atoms with Crippen molar-refractivity contribution in [1.82, 2.24) is 0 Å². The molecule has 0 saturated carbocycles. The van der Waals surface area contributed by atoms with Crippen molar-refractivity contribution < 1.29 is 48.3 Å². The number of carbonyl (C=O) groups is 1. The van der Waals surface area contributed by atoms with Gasteiger partial charge in [0.2, 0.25) is 17.5 Å². The summed E-state index contributed by atoms with van der Waals surface area (Å²) >= 11 is 0. The van der Waals surface area contributed by atoms with E-state index in [0.717, 1.165) is 50.4 Å². The van der Waals surface area contributed by atoms with E-state index in [1.165, 1.54) is 29.2 Å². The number of amides is 1. The van der Waals surface area contributed by atoms with E-state index in [-0.39, 0.29) is 42.4 Å². The fourth-order valence-electron chi connectivity index (χ4n) is 4.22. The number of H-pyrrole nitrogens is 1. The third-order valence-corrected chi connectivity index (χ3v) is 6.24. The Balaban J connectivity index is 0.00000241. The van der Waals surface area contributed by atoms with Crippen LogP contribution in [0, 0.1) is 11.6 Å². The number of rotatable bonds is 9. The van der Waals surface area contributed by atoms with Crippen LogP contribution in [-0.4, -0.2) is 38.6 Å². The van der Waals surface area contributed by atoms with Crippen LogP contribution < -0.4 is 56.0 Å². The molecule has 4 rings (SSSR count). The highest BCUT2D eigenvalue weighted by Gasteiger charge is 2.20. The molecule has 37 heavy (non-hydrogen) atoms. The highest BCUT2D eigenvalue weighted by Crippen LogP contribution is 2.16. The monoisotopic (exact) mass is 552 g/mol. The molecule has 0 bridgehead atoms. The lowest BCUT2D eigenvalue weighted by Gasteiger charge is -2.33. The number of pyridine rings is 1. The van der Waals surface area contributed by atoms with Crippen molar-refractivity contribution in [1.29, 1.82) is 0 Å². The summed E-state index contributed by atoms with van der Waals surface area (Å²) in [7, 11) is 0. The minimum absolute atomic E-state index is 0. The summed E-state index contributed by atoms with van der Waals surface area (Å²) in [6.07, 6.45) is 1.22. The lowest BCUT2D eigenvalue weighted by Crippen LogP contribution is -3.14. The average Bonchev–Trinajstić information content (AvgIpc) is 2.86. The standard InChI is InChI=1S/C26H30F2N6O.2ClH/c27-20-5-3-19(4-6-20)18-30-24-12-11-23(26(29)32-24)31-25(35)2-1-13-33-14-16-34(17-15-33)22-9-7-21(28)8-10-22;;/h3-12H,1-2,13-18H2,(H,31,35)(H3,29,30,32);2*1H. The van der Waals surface area contributed by atoms with Crippen LogP contribution >= 0.6 is 0 Å². The summed E-state index contributed by atoms with van der Waals surface area (Å²) in [5.41, 5.74) is 8.62. The van der Waals surface area contributed by atoms with Gasteiger partial charge < -0.3 is 51.0 Å². The van der Waals surface area contributed by atoms with Crippen molar-refractivity contribution in [2.75, 3.05) is 54.0 Å². The number of nitrogens with one attached hydrogen (secondary N) is 4. The van der Waals surface area contributed by atoms with Crippen LogP contribution in [0.25, 0.3) is 0 Å². The van der Waals surface area contributed by atoms with E-state index in [4.69, 9.17) is 5.73 Å². The third kappa shape index (κ3) is 9.03. The van der Waals surface area contributed by atoms with Gasteiger partial charge in [-0.3, -0.25) is 4.79 Å². The maximum absolute atomic E-state index is 13.1. The van der Waals surface area contributed by atoms with Crippen LogP contribution in [-0.2, 0) is 11.3 Å². The topological polar surface area (TPSA) is 89.0 Å². The van der Waals surface area contributed by atoms with Crippen molar-refractivity contribution >= 4 is 28.9 Å². The predicted octanol–water partition coefficient (Wildman–Crippen LogP) is -3.89. The molecule has 1 aliphatic heterocycles. The predicted molar refractivity (Wildman–Crippen MR) is 133 cm³/mol. The summed E-state index contributed by atoms with van der Waals surface area (Å²) in [5, 5.41) is 6.07. The first-order chi connectivity index (χ1) is 17.0. The van der Waals surface area contributed by atoms with Gasteiger partial charge in [-0.25, -0.2) is 13.8 Å².